The monoisotopic (exact) mass is 344 g/mol. The Morgan fingerprint density at radius 3 is 2.29 bits per heavy atom. The minimum atomic E-state index is -0.932. The van der Waals surface area contributed by atoms with Gasteiger partial charge in [-0.3, -0.25) is 0 Å². The number of aliphatic hydroxyl groups is 1. The normalized spacial score (nSPS) is 14.2. The van der Waals surface area contributed by atoms with Crippen LogP contribution >= 0.6 is 0 Å². The van der Waals surface area contributed by atoms with Crippen molar-refractivity contribution in [1.82, 2.24) is 10.2 Å². The SMILES string of the molecule is CN[C@@H](Cc1cc(F)cc(F)c1)[C@H](O)CN(C)C(=O)OC(C)(C)C. The molecule has 0 radical (unpaired) electrons. The van der Waals surface area contributed by atoms with Gasteiger partial charge in [0.25, 0.3) is 0 Å². The lowest BCUT2D eigenvalue weighted by Gasteiger charge is -2.29. The molecule has 0 heterocycles. The number of nitrogens with one attached hydrogen (secondary N) is 1. The fourth-order valence-corrected chi connectivity index (χ4v) is 2.24. The van der Waals surface area contributed by atoms with Crippen LogP contribution in [0.15, 0.2) is 18.2 Å². The number of hydrogen-bond acceptors (Lipinski definition) is 4. The molecule has 1 aromatic rings. The van der Waals surface area contributed by atoms with Gasteiger partial charge in [-0.25, -0.2) is 13.6 Å². The topological polar surface area (TPSA) is 61.8 Å². The van der Waals surface area contributed by atoms with Gasteiger partial charge in [-0.15, -0.1) is 0 Å². The van der Waals surface area contributed by atoms with Crippen LogP contribution < -0.4 is 5.32 Å². The minimum absolute atomic E-state index is 0.0260. The molecule has 1 rings (SSSR count). The molecule has 0 fully saturated rings. The first-order valence-electron chi connectivity index (χ1n) is 7.76. The number of rotatable bonds is 6. The third-order valence-electron chi connectivity index (χ3n) is 3.38. The molecule has 7 heteroatoms. The van der Waals surface area contributed by atoms with E-state index < -0.39 is 35.5 Å². The lowest BCUT2D eigenvalue weighted by Crippen LogP contribution is -2.47. The van der Waals surface area contributed by atoms with Crippen LogP contribution in [0.1, 0.15) is 26.3 Å². The molecule has 0 aliphatic heterocycles. The highest BCUT2D eigenvalue weighted by molar-refractivity contribution is 5.67. The molecule has 1 amide bonds. The third-order valence-corrected chi connectivity index (χ3v) is 3.38. The van der Waals surface area contributed by atoms with Gasteiger partial charge in [0.15, 0.2) is 0 Å². The summed E-state index contributed by atoms with van der Waals surface area (Å²) in [5, 5.41) is 13.2. The fraction of sp³-hybridized carbons (Fsp3) is 0.588. The largest absolute Gasteiger partial charge is 0.444 e. The second-order valence-electron chi connectivity index (χ2n) is 6.81. The molecule has 1 aromatic carbocycles. The van der Waals surface area contributed by atoms with Gasteiger partial charge in [-0.1, -0.05) is 0 Å². The molecule has 0 aromatic heterocycles. The van der Waals surface area contributed by atoms with Crippen molar-refractivity contribution >= 4 is 6.09 Å². The van der Waals surface area contributed by atoms with Crippen molar-refractivity contribution < 1.29 is 23.4 Å². The maximum Gasteiger partial charge on any atom is 0.410 e. The van der Waals surface area contributed by atoms with E-state index in [9.17, 15) is 18.7 Å². The maximum atomic E-state index is 13.3. The summed E-state index contributed by atoms with van der Waals surface area (Å²) >= 11 is 0. The summed E-state index contributed by atoms with van der Waals surface area (Å²) in [6, 6.07) is 2.76. The number of benzene rings is 1. The van der Waals surface area contributed by atoms with Gasteiger partial charge < -0.3 is 20.1 Å². The molecule has 24 heavy (non-hydrogen) atoms. The van der Waals surface area contributed by atoms with Gasteiger partial charge in [0.2, 0.25) is 0 Å². The first-order chi connectivity index (χ1) is 11.0. The number of carbonyl (C=O) groups is 1. The number of nitrogens with zero attached hydrogens (tertiary/aromatic N) is 1. The van der Waals surface area contributed by atoms with Gasteiger partial charge in [-0.05, 0) is 51.9 Å². The molecular formula is C17H26F2N2O3. The zero-order valence-electron chi connectivity index (χ0n) is 14.8. The molecule has 0 bridgehead atoms. The summed E-state index contributed by atoms with van der Waals surface area (Å²) in [5.41, 5.74) is -0.205. The second-order valence-corrected chi connectivity index (χ2v) is 6.81. The van der Waals surface area contributed by atoms with E-state index in [2.05, 4.69) is 5.32 Å². The van der Waals surface area contributed by atoms with Crippen molar-refractivity contribution in [1.29, 1.82) is 0 Å². The zero-order chi connectivity index (χ0) is 18.5. The van der Waals surface area contributed by atoms with Crippen molar-refractivity contribution in [2.45, 2.75) is 44.9 Å². The van der Waals surface area contributed by atoms with Crippen LogP contribution in [0.3, 0.4) is 0 Å². The smallest absolute Gasteiger partial charge is 0.410 e. The van der Waals surface area contributed by atoms with Gasteiger partial charge in [-0.2, -0.15) is 0 Å². The Hall–Kier alpha value is -1.73. The third kappa shape index (κ3) is 6.80. The van der Waals surface area contributed by atoms with E-state index in [0.29, 0.717) is 5.56 Å². The molecule has 2 atom stereocenters. The predicted octanol–water partition coefficient (Wildman–Crippen LogP) is 2.32. The molecular weight excluding hydrogens is 318 g/mol. The Balaban J connectivity index is 2.69. The van der Waals surface area contributed by atoms with Crippen LogP contribution in [-0.4, -0.2) is 54.5 Å². The highest BCUT2D eigenvalue weighted by Crippen LogP contribution is 2.13. The lowest BCUT2D eigenvalue weighted by atomic mass is 10.0. The van der Waals surface area contributed by atoms with Crippen molar-refractivity contribution in [3.63, 3.8) is 0 Å². The Morgan fingerprint density at radius 2 is 1.83 bits per heavy atom. The average molecular weight is 344 g/mol. The van der Waals surface area contributed by atoms with Crippen LogP contribution in [0.4, 0.5) is 13.6 Å². The first-order valence-corrected chi connectivity index (χ1v) is 7.76. The van der Waals surface area contributed by atoms with Crippen LogP contribution in [-0.2, 0) is 11.2 Å². The zero-order valence-corrected chi connectivity index (χ0v) is 14.8. The molecule has 0 spiro atoms. The standard InChI is InChI=1S/C17H26F2N2O3/c1-17(2,3)24-16(23)21(5)10-15(22)14(20-4)8-11-6-12(18)9-13(19)7-11/h6-7,9,14-15,20,22H,8,10H2,1-5H3/t14-,15+/m0/s1. The minimum Gasteiger partial charge on any atom is -0.444 e. The highest BCUT2D eigenvalue weighted by Gasteiger charge is 2.25. The maximum absolute atomic E-state index is 13.3. The average Bonchev–Trinajstić information content (AvgIpc) is 2.41. The number of aliphatic hydroxyl groups excluding tert-OH is 1. The Labute approximate surface area is 141 Å². The Bertz CT molecular complexity index is 541. The van der Waals surface area contributed by atoms with Gasteiger partial charge in [0.05, 0.1) is 12.6 Å². The number of carbonyl (C=O) groups excluding carboxylic acids is 1. The van der Waals surface area contributed by atoms with Crippen molar-refractivity contribution in [3.05, 3.63) is 35.4 Å². The molecule has 2 N–H and O–H groups in total. The van der Waals surface area contributed by atoms with E-state index in [1.165, 1.54) is 24.1 Å². The molecule has 0 aliphatic rings. The Morgan fingerprint density at radius 1 is 1.29 bits per heavy atom. The molecule has 0 saturated carbocycles. The summed E-state index contributed by atoms with van der Waals surface area (Å²) in [6.45, 7) is 5.29. The van der Waals surface area contributed by atoms with Crippen molar-refractivity contribution in [2.75, 3.05) is 20.6 Å². The van der Waals surface area contributed by atoms with E-state index in [-0.39, 0.29) is 13.0 Å². The van der Waals surface area contributed by atoms with E-state index >= 15 is 0 Å². The predicted molar refractivity (Wildman–Crippen MR) is 87.8 cm³/mol. The first kappa shape index (κ1) is 20.3. The summed E-state index contributed by atoms with van der Waals surface area (Å²) in [4.78, 5) is 13.2. The fourth-order valence-electron chi connectivity index (χ4n) is 2.24. The summed E-state index contributed by atoms with van der Waals surface area (Å²) in [6.07, 6.45) is -1.26. The van der Waals surface area contributed by atoms with Crippen molar-refractivity contribution in [3.8, 4) is 0 Å². The van der Waals surface area contributed by atoms with Gasteiger partial charge in [0.1, 0.15) is 17.2 Å². The van der Waals surface area contributed by atoms with E-state index in [1.54, 1.807) is 27.8 Å². The second kappa shape index (κ2) is 8.39. The van der Waals surface area contributed by atoms with Gasteiger partial charge in [0, 0.05) is 19.2 Å². The summed E-state index contributed by atoms with van der Waals surface area (Å²) in [5.74, 6) is -1.33. The number of amides is 1. The molecule has 0 aliphatic carbocycles. The van der Waals surface area contributed by atoms with Crippen LogP contribution in [0.2, 0.25) is 0 Å². The van der Waals surface area contributed by atoms with E-state index in [4.69, 9.17) is 4.74 Å². The number of ether oxygens (including phenoxy) is 1. The van der Waals surface area contributed by atoms with Gasteiger partial charge >= 0.3 is 6.09 Å². The van der Waals surface area contributed by atoms with Crippen LogP contribution in [0, 0.1) is 11.6 Å². The highest BCUT2D eigenvalue weighted by atomic mass is 19.1. The summed E-state index contributed by atoms with van der Waals surface area (Å²) < 4.78 is 31.7. The number of halogens is 2. The quantitative estimate of drug-likeness (QED) is 0.831. The molecule has 0 saturated heterocycles. The van der Waals surface area contributed by atoms with Crippen LogP contribution in [0.25, 0.3) is 0 Å². The molecule has 5 nitrogen and oxygen atoms in total. The Kier molecular flexibility index (Phi) is 7.10. The number of hydrogen-bond donors (Lipinski definition) is 2. The van der Waals surface area contributed by atoms with Crippen molar-refractivity contribution in [2.24, 2.45) is 0 Å². The van der Waals surface area contributed by atoms with E-state index in [0.717, 1.165) is 6.07 Å². The van der Waals surface area contributed by atoms with E-state index in [1.807, 2.05) is 0 Å². The molecule has 0 unspecified atom stereocenters. The van der Waals surface area contributed by atoms with Crippen LogP contribution in [0.5, 0.6) is 0 Å². The molecule has 136 valence electrons. The lowest BCUT2D eigenvalue weighted by molar-refractivity contribution is 0.0169. The summed E-state index contributed by atoms with van der Waals surface area (Å²) in [7, 11) is 3.16. The number of likely N-dealkylation sites (N-methyl/N-ethyl adjacent to an activating group) is 2.